The predicted octanol–water partition coefficient (Wildman–Crippen LogP) is 3.82. The fraction of sp³-hybridized carbons (Fsp3) is 0.167. The van der Waals surface area contributed by atoms with Gasteiger partial charge in [-0.1, -0.05) is 42.5 Å². The van der Waals surface area contributed by atoms with E-state index in [1.54, 1.807) is 30.5 Å². The van der Waals surface area contributed by atoms with Gasteiger partial charge in [-0.05, 0) is 17.7 Å². The molecular formula is C18H19N3O2S2. The largest absolute Gasteiger partial charge is 0.357 e. The van der Waals surface area contributed by atoms with Gasteiger partial charge in [-0.25, -0.2) is 13.4 Å². The molecular weight excluding hydrogens is 354 g/mol. The molecule has 0 atom stereocenters. The van der Waals surface area contributed by atoms with Crippen molar-refractivity contribution in [3.63, 3.8) is 0 Å². The highest BCUT2D eigenvalue weighted by molar-refractivity contribution is 7.92. The number of nitrogens with zero attached hydrogens (tertiary/aromatic N) is 2. The van der Waals surface area contributed by atoms with Crippen LogP contribution in [0.1, 0.15) is 5.56 Å². The van der Waals surface area contributed by atoms with Gasteiger partial charge in [-0.2, -0.15) is 0 Å². The third-order valence-corrected chi connectivity index (χ3v) is 5.82. The average Bonchev–Trinajstić information content (AvgIpc) is 3.08. The molecule has 1 N–H and O–H groups in total. The average molecular weight is 374 g/mol. The highest BCUT2D eigenvalue weighted by Crippen LogP contribution is 2.27. The molecule has 0 saturated heterocycles. The van der Waals surface area contributed by atoms with E-state index in [-0.39, 0.29) is 0 Å². The van der Waals surface area contributed by atoms with E-state index >= 15 is 0 Å². The third-order valence-electron chi connectivity index (χ3n) is 3.81. The van der Waals surface area contributed by atoms with Crippen molar-refractivity contribution in [2.24, 2.45) is 0 Å². The number of aromatic nitrogens is 1. The van der Waals surface area contributed by atoms with Crippen LogP contribution in [-0.4, -0.2) is 26.7 Å². The molecule has 3 rings (SSSR count). The Balaban J connectivity index is 1.70. The van der Waals surface area contributed by atoms with Crippen LogP contribution in [0.5, 0.6) is 0 Å². The maximum atomic E-state index is 11.6. The number of hydrogen-bond acceptors (Lipinski definition) is 5. The summed E-state index contributed by atoms with van der Waals surface area (Å²) >= 11 is 1.55. The van der Waals surface area contributed by atoms with Crippen molar-refractivity contribution in [3.8, 4) is 11.3 Å². The lowest BCUT2D eigenvalue weighted by molar-refractivity contribution is 0.600. The lowest BCUT2D eigenvalue weighted by atomic mass is 10.1. The van der Waals surface area contributed by atoms with Crippen LogP contribution in [0, 0.1) is 0 Å². The quantitative estimate of drug-likeness (QED) is 0.713. The Labute approximate surface area is 152 Å². The summed E-state index contributed by atoms with van der Waals surface area (Å²) in [6, 6.07) is 17.5. The van der Waals surface area contributed by atoms with E-state index < -0.39 is 10.0 Å². The van der Waals surface area contributed by atoms with E-state index in [4.69, 9.17) is 0 Å². The van der Waals surface area contributed by atoms with Gasteiger partial charge in [0.1, 0.15) is 0 Å². The summed E-state index contributed by atoms with van der Waals surface area (Å²) in [6.07, 6.45) is 1.19. The summed E-state index contributed by atoms with van der Waals surface area (Å²) in [7, 11) is -1.71. The molecule has 0 spiro atoms. The van der Waals surface area contributed by atoms with Gasteiger partial charge in [0.15, 0.2) is 5.13 Å². The highest BCUT2D eigenvalue weighted by Gasteiger charge is 2.12. The molecule has 0 amide bonds. The second-order valence-corrected chi connectivity index (χ2v) is 8.53. The summed E-state index contributed by atoms with van der Waals surface area (Å²) in [4.78, 5) is 4.59. The Kier molecular flexibility index (Phi) is 5.06. The maximum absolute atomic E-state index is 11.6. The SMILES string of the molecule is CN(c1ccc(-c2csc(NCc3ccccc3)n2)cc1)S(C)(=O)=O. The van der Waals surface area contributed by atoms with Crippen LogP contribution in [0.15, 0.2) is 60.0 Å². The number of sulfonamides is 1. The summed E-state index contributed by atoms with van der Waals surface area (Å²) in [5.41, 5.74) is 3.65. The van der Waals surface area contributed by atoms with Gasteiger partial charge in [-0.3, -0.25) is 4.31 Å². The first-order chi connectivity index (χ1) is 11.9. The molecule has 0 aliphatic carbocycles. The lowest BCUT2D eigenvalue weighted by Gasteiger charge is -2.16. The van der Waals surface area contributed by atoms with Gasteiger partial charge in [0, 0.05) is 24.5 Å². The van der Waals surface area contributed by atoms with Gasteiger partial charge in [0.25, 0.3) is 0 Å². The predicted molar refractivity (Wildman–Crippen MR) is 105 cm³/mol. The molecule has 0 saturated carbocycles. The Morgan fingerprint density at radius 2 is 1.76 bits per heavy atom. The van der Waals surface area contributed by atoms with Crippen LogP contribution in [0.4, 0.5) is 10.8 Å². The second kappa shape index (κ2) is 7.25. The Hall–Kier alpha value is -2.38. The van der Waals surface area contributed by atoms with Gasteiger partial charge >= 0.3 is 0 Å². The van der Waals surface area contributed by atoms with Crippen LogP contribution in [-0.2, 0) is 16.6 Å². The maximum Gasteiger partial charge on any atom is 0.231 e. The van der Waals surface area contributed by atoms with Crippen molar-refractivity contribution in [1.29, 1.82) is 0 Å². The van der Waals surface area contributed by atoms with Gasteiger partial charge in [0.2, 0.25) is 10.0 Å². The first-order valence-corrected chi connectivity index (χ1v) is 10.4. The first-order valence-electron chi connectivity index (χ1n) is 7.71. The fourth-order valence-corrected chi connectivity index (χ4v) is 3.52. The molecule has 3 aromatic rings. The number of nitrogens with one attached hydrogen (secondary N) is 1. The van der Waals surface area contributed by atoms with E-state index in [0.29, 0.717) is 5.69 Å². The summed E-state index contributed by atoms with van der Waals surface area (Å²) < 4.78 is 24.4. The molecule has 0 unspecified atom stereocenters. The normalized spacial score (nSPS) is 11.3. The van der Waals surface area contributed by atoms with Gasteiger partial charge in [0.05, 0.1) is 17.6 Å². The zero-order chi connectivity index (χ0) is 17.9. The van der Waals surface area contributed by atoms with E-state index in [1.807, 2.05) is 35.7 Å². The van der Waals surface area contributed by atoms with Crippen molar-refractivity contribution < 1.29 is 8.42 Å². The molecule has 2 aromatic carbocycles. The Morgan fingerprint density at radius 1 is 1.08 bits per heavy atom. The summed E-state index contributed by atoms with van der Waals surface area (Å²) in [5.74, 6) is 0. The summed E-state index contributed by atoms with van der Waals surface area (Å²) in [5, 5.41) is 6.17. The monoisotopic (exact) mass is 373 g/mol. The molecule has 1 heterocycles. The van der Waals surface area contributed by atoms with Crippen molar-refractivity contribution in [2.45, 2.75) is 6.54 Å². The number of benzene rings is 2. The van der Waals surface area contributed by atoms with E-state index in [9.17, 15) is 8.42 Å². The van der Waals surface area contributed by atoms with Crippen molar-refractivity contribution in [1.82, 2.24) is 4.98 Å². The smallest absolute Gasteiger partial charge is 0.231 e. The lowest BCUT2D eigenvalue weighted by Crippen LogP contribution is -2.24. The molecule has 1 aromatic heterocycles. The topological polar surface area (TPSA) is 62.3 Å². The van der Waals surface area contributed by atoms with Crippen molar-refractivity contribution in [2.75, 3.05) is 22.9 Å². The molecule has 7 heteroatoms. The Morgan fingerprint density at radius 3 is 2.40 bits per heavy atom. The number of rotatable bonds is 6. The molecule has 0 radical (unpaired) electrons. The Bertz CT molecular complexity index is 936. The van der Waals surface area contributed by atoms with Crippen molar-refractivity contribution >= 4 is 32.2 Å². The second-order valence-electron chi connectivity index (χ2n) is 5.65. The standard InChI is InChI=1S/C18H19N3O2S2/c1-21(25(2,22)23)16-10-8-15(9-11-16)17-13-24-18(20-17)19-12-14-6-4-3-5-7-14/h3-11,13H,12H2,1-2H3,(H,19,20). The molecule has 130 valence electrons. The van der Waals surface area contributed by atoms with Gasteiger partial charge in [-0.15, -0.1) is 11.3 Å². The van der Waals surface area contributed by atoms with Crippen LogP contribution in [0.25, 0.3) is 11.3 Å². The van der Waals surface area contributed by atoms with Crippen LogP contribution in [0.3, 0.4) is 0 Å². The zero-order valence-electron chi connectivity index (χ0n) is 14.0. The number of anilines is 2. The van der Waals surface area contributed by atoms with E-state index in [0.717, 1.165) is 22.9 Å². The highest BCUT2D eigenvalue weighted by atomic mass is 32.2. The molecule has 0 aliphatic rings. The molecule has 0 aliphatic heterocycles. The van der Waals surface area contributed by atoms with E-state index in [1.165, 1.54) is 16.1 Å². The van der Waals surface area contributed by atoms with Gasteiger partial charge < -0.3 is 5.32 Å². The van der Waals surface area contributed by atoms with Crippen LogP contribution < -0.4 is 9.62 Å². The fourth-order valence-electron chi connectivity index (χ4n) is 2.29. The molecule has 0 fully saturated rings. The minimum atomic E-state index is -3.25. The number of thiazole rings is 1. The third kappa shape index (κ3) is 4.37. The molecule has 0 bridgehead atoms. The molecule has 25 heavy (non-hydrogen) atoms. The minimum Gasteiger partial charge on any atom is -0.357 e. The molecule has 5 nitrogen and oxygen atoms in total. The first kappa shape index (κ1) is 17.4. The van der Waals surface area contributed by atoms with Crippen LogP contribution in [0.2, 0.25) is 0 Å². The zero-order valence-corrected chi connectivity index (χ0v) is 15.6. The van der Waals surface area contributed by atoms with E-state index in [2.05, 4.69) is 22.4 Å². The van der Waals surface area contributed by atoms with Crippen LogP contribution >= 0.6 is 11.3 Å². The van der Waals surface area contributed by atoms with Crippen molar-refractivity contribution in [3.05, 3.63) is 65.5 Å². The minimum absolute atomic E-state index is 0.629. The summed E-state index contributed by atoms with van der Waals surface area (Å²) in [6.45, 7) is 0.728. The number of hydrogen-bond donors (Lipinski definition) is 1.